The molecule has 2 aromatic rings. The lowest BCUT2D eigenvalue weighted by molar-refractivity contribution is -0.154. The van der Waals surface area contributed by atoms with Gasteiger partial charge in [-0.25, -0.2) is 4.39 Å². The van der Waals surface area contributed by atoms with Crippen molar-refractivity contribution >= 4 is 63.5 Å². The van der Waals surface area contributed by atoms with E-state index in [0.29, 0.717) is 15.3 Å². The largest absolute Gasteiger partial charge is 0.460 e. The highest BCUT2D eigenvalue weighted by Gasteiger charge is 2.35. The molecule has 204 valence electrons. The van der Waals surface area contributed by atoms with Crippen LogP contribution in [0.15, 0.2) is 34.6 Å². The molecule has 1 aromatic heterocycles. The normalized spacial score (nSPS) is 15.3. The molecule has 0 radical (unpaired) electrons. The van der Waals surface area contributed by atoms with Crippen molar-refractivity contribution in [3.63, 3.8) is 0 Å². The molecule has 38 heavy (non-hydrogen) atoms. The zero-order valence-corrected chi connectivity index (χ0v) is 23.1. The maximum absolute atomic E-state index is 13.6. The Balaban J connectivity index is 1.58. The van der Waals surface area contributed by atoms with Gasteiger partial charge in [-0.15, -0.1) is 11.3 Å². The molecule has 0 unspecified atom stereocenters. The topological polar surface area (TPSA) is 75.7 Å². The second kappa shape index (κ2) is 12.0. The number of halogens is 4. The maximum Gasteiger partial charge on any atom is 0.419 e. The number of thiocarbonyl (C=S) groups is 1. The standard InChI is InChI=1S/C25H24F4N2O4S3/c1-24(2,3)35-21(33)6-8-30-20(32)7-9-31-22(34)19(38-23(31)36)12-16-10-15(13-37-16)14-4-5-18(26)17(11-14)25(27,28)29/h4-5,10-13H,6-9H2,1-3H3,(H,30,32). The molecule has 13 heteroatoms. The minimum absolute atomic E-state index is 0.0189. The van der Waals surface area contributed by atoms with Gasteiger partial charge in [0.1, 0.15) is 15.7 Å². The first-order valence-electron chi connectivity index (χ1n) is 11.3. The number of nitrogens with one attached hydrogen (secondary N) is 1. The highest BCUT2D eigenvalue weighted by molar-refractivity contribution is 8.26. The van der Waals surface area contributed by atoms with Crippen molar-refractivity contribution < 1.29 is 36.7 Å². The summed E-state index contributed by atoms with van der Waals surface area (Å²) in [5, 5.41) is 4.22. The van der Waals surface area contributed by atoms with Crippen molar-refractivity contribution in [1.82, 2.24) is 10.2 Å². The minimum Gasteiger partial charge on any atom is -0.460 e. The summed E-state index contributed by atoms with van der Waals surface area (Å²) in [6.07, 6.45) is -3.25. The number of amides is 2. The monoisotopic (exact) mass is 588 g/mol. The fourth-order valence-corrected chi connectivity index (χ4v) is 5.54. The molecule has 1 aromatic carbocycles. The van der Waals surface area contributed by atoms with Gasteiger partial charge in [0.05, 0.1) is 16.9 Å². The quantitative estimate of drug-likeness (QED) is 0.176. The van der Waals surface area contributed by atoms with Crippen LogP contribution in [0.4, 0.5) is 17.6 Å². The molecule has 0 atom stereocenters. The summed E-state index contributed by atoms with van der Waals surface area (Å²) in [4.78, 5) is 38.9. The zero-order chi connectivity index (χ0) is 28.3. The van der Waals surface area contributed by atoms with Gasteiger partial charge in [0.2, 0.25) is 5.91 Å². The molecule has 1 saturated heterocycles. The molecule has 3 rings (SSSR count). The van der Waals surface area contributed by atoms with Gasteiger partial charge >= 0.3 is 12.1 Å². The van der Waals surface area contributed by atoms with Crippen molar-refractivity contribution in [1.29, 1.82) is 0 Å². The van der Waals surface area contributed by atoms with Gasteiger partial charge in [0.15, 0.2) is 0 Å². The molecule has 0 bridgehead atoms. The number of thiophene rings is 1. The van der Waals surface area contributed by atoms with Gasteiger partial charge in [-0.1, -0.05) is 30.0 Å². The number of esters is 1. The molecule has 1 fully saturated rings. The van der Waals surface area contributed by atoms with Gasteiger partial charge in [-0.3, -0.25) is 19.3 Å². The van der Waals surface area contributed by atoms with Gasteiger partial charge in [-0.2, -0.15) is 13.2 Å². The summed E-state index contributed by atoms with van der Waals surface area (Å²) in [6.45, 7) is 5.39. The SMILES string of the molecule is CC(C)(C)OC(=O)CCNC(=O)CCN1C(=O)C(=Cc2cc(-c3ccc(F)c(C(F)(F)F)c3)cs2)SC1=S. The Morgan fingerprint density at radius 2 is 1.84 bits per heavy atom. The van der Waals surface area contributed by atoms with Crippen molar-refractivity contribution in [3.05, 3.63) is 50.8 Å². The van der Waals surface area contributed by atoms with Crippen molar-refractivity contribution in [3.8, 4) is 11.1 Å². The van der Waals surface area contributed by atoms with Gasteiger partial charge in [0, 0.05) is 24.4 Å². The molecule has 6 nitrogen and oxygen atoms in total. The van der Waals surface area contributed by atoms with E-state index in [0.717, 1.165) is 23.9 Å². The van der Waals surface area contributed by atoms with E-state index in [9.17, 15) is 31.9 Å². The maximum atomic E-state index is 13.6. The van der Waals surface area contributed by atoms with Crippen LogP contribution in [0.2, 0.25) is 0 Å². The van der Waals surface area contributed by atoms with E-state index in [1.165, 1.54) is 22.3 Å². The molecular formula is C25H24F4N2O4S3. The molecule has 1 N–H and O–H groups in total. The number of nitrogens with zero attached hydrogens (tertiary/aromatic N) is 1. The van der Waals surface area contributed by atoms with Crippen LogP contribution in [0.3, 0.4) is 0 Å². The molecule has 0 aliphatic carbocycles. The van der Waals surface area contributed by atoms with Crippen LogP contribution in [0, 0.1) is 5.82 Å². The molecule has 2 amide bonds. The van der Waals surface area contributed by atoms with Crippen LogP contribution in [0.5, 0.6) is 0 Å². The number of carbonyl (C=O) groups is 3. The van der Waals surface area contributed by atoms with Gasteiger partial charge in [-0.05, 0) is 61.6 Å². The summed E-state index contributed by atoms with van der Waals surface area (Å²) < 4.78 is 58.2. The number of ether oxygens (including phenoxy) is 1. The third-order valence-electron chi connectivity index (χ3n) is 5.01. The Hall–Kier alpha value is -2.77. The fraction of sp³-hybridized carbons (Fsp3) is 0.360. The average molecular weight is 589 g/mol. The molecule has 2 heterocycles. The number of thioether (sulfide) groups is 1. The van der Waals surface area contributed by atoms with E-state index in [2.05, 4.69) is 5.32 Å². The van der Waals surface area contributed by atoms with E-state index in [1.807, 2.05) is 0 Å². The van der Waals surface area contributed by atoms with E-state index in [-0.39, 0.29) is 41.7 Å². The summed E-state index contributed by atoms with van der Waals surface area (Å²) in [7, 11) is 0. The third-order valence-corrected chi connectivity index (χ3v) is 7.26. The minimum atomic E-state index is -4.82. The van der Waals surface area contributed by atoms with Crippen molar-refractivity contribution in [2.24, 2.45) is 0 Å². The predicted octanol–water partition coefficient (Wildman–Crippen LogP) is 6.01. The van der Waals surface area contributed by atoms with E-state index < -0.39 is 35.0 Å². The summed E-state index contributed by atoms with van der Waals surface area (Å²) in [5.41, 5.74) is -1.32. The number of rotatable bonds is 8. The third kappa shape index (κ3) is 8.11. The predicted molar refractivity (Wildman–Crippen MR) is 143 cm³/mol. The average Bonchev–Trinajstić information content (AvgIpc) is 3.35. The second-order valence-corrected chi connectivity index (χ2v) is 11.8. The van der Waals surface area contributed by atoms with Crippen LogP contribution in [0.25, 0.3) is 17.2 Å². The smallest absolute Gasteiger partial charge is 0.419 e. The van der Waals surface area contributed by atoms with E-state index >= 15 is 0 Å². The molecule has 0 saturated carbocycles. The van der Waals surface area contributed by atoms with Crippen LogP contribution >= 0.6 is 35.3 Å². The lowest BCUT2D eigenvalue weighted by Crippen LogP contribution is -2.34. The number of hydrogen-bond donors (Lipinski definition) is 1. The van der Waals surface area contributed by atoms with Crippen molar-refractivity contribution in [2.45, 2.75) is 45.4 Å². The van der Waals surface area contributed by atoms with Gasteiger partial charge < -0.3 is 10.1 Å². The molecule has 1 aliphatic rings. The number of benzene rings is 1. The Kier molecular flexibility index (Phi) is 9.37. The first-order chi connectivity index (χ1) is 17.6. The van der Waals surface area contributed by atoms with Gasteiger partial charge in [0.25, 0.3) is 5.91 Å². The first-order valence-corrected chi connectivity index (χ1v) is 13.4. The van der Waals surface area contributed by atoms with Crippen molar-refractivity contribution in [2.75, 3.05) is 13.1 Å². The number of hydrogen-bond acceptors (Lipinski definition) is 7. The highest BCUT2D eigenvalue weighted by Crippen LogP contribution is 2.37. The Morgan fingerprint density at radius 1 is 1.13 bits per heavy atom. The summed E-state index contributed by atoms with van der Waals surface area (Å²) in [6, 6.07) is 4.38. The molecule has 0 spiro atoms. The van der Waals surface area contributed by atoms with Crippen LogP contribution in [-0.4, -0.2) is 45.7 Å². The van der Waals surface area contributed by atoms with Crippen LogP contribution in [0.1, 0.15) is 44.1 Å². The molecular weight excluding hydrogens is 564 g/mol. The summed E-state index contributed by atoms with van der Waals surface area (Å²) >= 11 is 7.53. The zero-order valence-electron chi connectivity index (χ0n) is 20.6. The second-order valence-electron chi connectivity index (χ2n) is 9.20. The van der Waals surface area contributed by atoms with Crippen LogP contribution < -0.4 is 5.32 Å². The summed E-state index contributed by atoms with van der Waals surface area (Å²) in [5.74, 6) is -2.53. The lowest BCUT2D eigenvalue weighted by atomic mass is 10.0. The van der Waals surface area contributed by atoms with Crippen LogP contribution in [-0.2, 0) is 25.3 Å². The highest BCUT2D eigenvalue weighted by atomic mass is 32.2. The van der Waals surface area contributed by atoms with E-state index in [4.69, 9.17) is 17.0 Å². The lowest BCUT2D eigenvalue weighted by Gasteiger charge is -2.19. The fourth-order valence-electron chi connectivity index (χ4n) is 3.32. The Bertz CT molecular complexity index is 1280. The number of carbonyl (C=O) groups excluding carboxylic acids is 3. The first kappa shape index (κ1) is 29.8. The molecule has 1 aliphatic heterocycles. The number of alkyl halides is 3. The van der Waals surface area contributed by atoms with E-state index in [1.54, 1.807) is 38.3 Å². The Morgan fingerprint density at radius 3 is 2.50 bits per heavy atom. The Labute approximate surface area is 230 Å².